The molecule has 0 unspecified atom stereocenters. The second-order valence-corrected chi connectivity index (χ2v) is 9.55. The first-order valence-electron chi connectivity index (χ1n) is 12.2. The Bertz CT molecular complexity index is 1080. The molecule has 1 amide bonds. The highest BCUT2D eigenvalue weighted by Gasteiger charge is 2.49. The van der Waals surface area contributed by atoms with Crippen molar-refractivity contribution in [1.29, 1.82) is 0 Å². The Balaban J connectivity index is 1.42. The molecule has 1 N–H and O–H groups in total. The van der Waals surface area contributed by atoms with Crippen LogP contribution >= 0.6 is 0 Å². The van der Waals surface area contributed by atoms with Crippen LogP contribution in [-0.4, -0.2) is 48.6 Å². The first-order chi connectivity index (χ1) is 17.1. The number of benzene rings is 2. The summed E-state index contributed by atoms with van der Waals surface area (Å²) in [5.41, 5.74) is -0.0890. The largest absolute Gasteiger partial charge is 0.489 e. The molecule has 6 nitrogen and oxygen atoms in total. The Hall–Kier alpha value is -3.07. The van der Waals surface area contributed by atoms with Gasteiger partial charge >= 0.3 is 12.1 Å². The van der Waals surface area contributed by atoms with E-state index in [0.29, 0.717) is 25.1 Å². The fourth-order valence-electron chi connectivity index (χ4n) is 5.24. The number of likely N-dealkylation sites (tertiary alicyclic amines) is 1. The summed E-state index contributed by atoms with van der Waals surface area (Å²) in [5, 5.41) is 3.14. The molecule has 2 aromatic rings. The van der Waals surface area contributed by atoms with Crippen LogP contribution in [0.5, 0.6) is 5.75 Å². The molecule has 194 valence electrons. The lowest BCUT2D eigenvalue weighted by Gasteiger charge is -2.38. The topological polar surface area (TPSA) is 67.9 Å². The van der Waals surface area contributed by atoms with Crippen LogP contribution in [0.1, 0.15) is 66.6 Å². The van der Waals surface area contributed by atoms with Crippen LogP contribution in [0.15, 0.2) is 48.5 Å². The summed E-state index contributed by atoms with van der Waals surface area (Å²) in [6, 6.07) is 11.6. The van der Waals surface area contributed by atoms with Gasteiger partial charge in [-0.3, -0.25) is 9.69 Å². The van der Waals surface area contributed by atoms with E-state index >= 15 is 0 Å². The predicted octanol–water partition coefficient (Wildman–Crippen LogP) is 5.14. The molecular formula is C27H31F3N2O4. The quantitative estimate of drug-likeness (QED) is 0.530. The zero-order valence-corrected chi connectivity index (χ0v) is 20.4. The summed E-state index contributed by atoms with van der Waals surface area (Å²) < 4.78 is 49.8. The number of hydrogen-bond acceptors (Lipinski definition) is 5. The number of ether oxygens (including phenoxy) is 2. The van der Waals surface area contributed by atoms with Crippen molar-refractivity contribution in [3.63, 3.8) is 0 Å². The van der Waals surface area contributed by atoms with Crippen molar-refractivity contribution >= 4 is 11.9 Å². The third kappa shape index (κ3) is 5.51. The Morgan fingerprint density at radius 2 is 1.81 bits per heavy atom. The molecule has 1 heterocycles. The lowest BCUT2D eigenvalue weighted by Crippen LogP contribution is -2.57. The van der Waals surface area contributed by atoms with Gasteiger partial charge in [0.25, 0.3) is 0 Å². The average Bonchev–Trinajstić information content (AvgIpc) is 3.54. The smallest absolute Gasteiger partial charge is 0.416 e. The molecule has 0 radical (unpaired) electrons. The molecule has 9 heteroatoms. The number of nitrogens with zero attached hydrogens (tertiary/aromatic N) is 1. The van der Waals surface area contributed by atoms with Crippen LogP contribution in [0, 0.1) is 0 Å². The predicted molar refractivity (Wildman–Crippen MR) is 128 cm³/mol. The molecule has 2 aromatic carbocycles. The number of carbonyl (C=O) groups excluding carboxylic acids is 2. The number of hydrogen-bond donors (Lipinski definition) is 1. The number of carbonyl (C=O) groups is 2. The first kappa shape index (κ1) is 26.0. The fourth-order valence-corrected chi connectivity index (χ4v) is 5.24. The summed E-state index contributed by atoms with van der Waals surface area (Å²) in [5.74, 6) is -0.283. The number of halogens is 3. The standard InChI is InChI=1S/C27H31F3N2O4/c1-18(19-8-10-20(11-9-19)24(33)35-2)31-25(34)26(13-3-4-14-26)32-15-12-23(17-32)36-22-7-5-6-21(16-22)27(28,29)30/h5-11,16,18,23H,3-4,12-15,17H2,1-2H3,(H,31,34)/t18-,23+/m0/s1. The van der Waals surface area contributed by atoms with Gasteiger partial charge in [-0.25, -0.2) is 4.79 Å². The van der Waals surface area contributed by atoms with Crippen molar-refractivity contribution in [3.05, 3.63) is 65.2 Å². The summed E-state index contributed by atoms with van der Waals surface area (Å²) in [6.07, 6.45) is -0.760. The van der Waals surface area contributed by atoms with Crippen LogP contribution in [0.2, 0.25) is 0 Å². The monoisotopic (exact) mass is 504 g/mol. The van der Waals surface area contributed by atoms with Crippen molar-refractivity contribution in [2.75, 3.05) is 20.2 Å². The van der Waals surface area contributed by atoms with Crippen LogP contribution in [0.25, 0.3) is 0 Å². The van der Waals surface area contributed by atoms with Crippen molar-refractivity contribution in [2.45, 2.75) is 62.9 Å². The molecule has 1 saturated carbocycles. The number of amides is 1. The van der Waals surface area contributed by atoms with E-state index in [4.69, 9.17) is 9.47 Å². The number of esters is 1. The second kappa shape index (κ2) is 10.5. The van der Waals surface area contributed by atoms with Gasteiger partial charge in [-0.05, 0) is 62.1 Å². The SMILES string of the molecule is COC(=O)c1ccc([C@H](C)NC(=O)C2(N3CC[C@@H](Oc4cccc(C(F)(F)F)c4)C3)CCCC2)cc1. The molecule has 4 rings (SSSR count). The third-order valence-electron chi connectivity index (χ3n) is 7.25. The molecule has 0 aromatic heterocycles. The maximum Gasteiger partial charge on any atom is 0.416 e. The molecule has 36 heavy (non-hydrogen) atoms. The summed E-state index contributed by atoms with van der Waals surface area (Å²) >= 11 is 0. The molecule has 1 saturated heterocycles. The van der Waals surface area contributed by atoms with E-state index in [1.54, 1.807) is 24.3 Å². The van der Waals surface area contributed by atoms with Gasteiger partial charge in [0, 0.05) is 13.1 Å². The van der Waals surface area contributed by atoms with E-state index in [1.165, 1.54) is 19.2 Å². The maximum atomic E-state index is 13.6. The van der Waals surface area contributed by atoms with Crippen LogP contribution in [0.3, 0.4) is 0 Å². The van der Waals surface area contributed by atoms with Gasteiger partial charge in [0.05, 0.1) is 24.3 Å². The van der Waals surface area contributed by atoms with E-state index in [1.807, 2.05) is 6.92 Å². The van der Waals surface area contributed by atoms with E-state index in [9.17, 15) is 22.8 Å². The minimum Gasteiger partial charge on any atom is -0.489 e. The lowest BCUT2D eigenvalue weighted by atomic mass is 9.93. The Kier molecular flexibility index (Phi) is 7.59. The van der Waals surface area contributed by atoms with Crippen molar-refractivity contribution in [2.24, 2.45) is 0 Å². The summed E-state index contributed by atoms with van der Waals surface area (Å²) in [7, 11) is 1.33. The van der Waals surface area contributed by atoms with Gasteiger partial charge in [-0.15, -0.1) is 0 Å². The molecule has 2 aliphatic rings. The van der Waals surface area contributed by atoms with Gasteiger partial charge in [0.2, 0.25) is 5.91 Å². The third-order valence-corrected chi connectivity index (χ3v) is 7.25. The highest BCUT2D eigenvalue weighted by molar-refractivity contribution is 5.89. The number of rotatable bonds is 7. The lowest BCUT2D eigenvalue weighted by molar-refractivity contribution is -0.138. The average molecular weight is 505 g/mol. The van der Waals surface area contributed by atoms with E-state index in [0.717, 1.165) is 43.4 Å². The molecule has 2 fully saturated rings. The van der Waals surface area contributed by atoms with Crippen LogP contribution < -0.4 is 10.1 Å². The molecule has 1 aliphatic carbocycles. The van der Waals surface area contributed by atoms with E-state index in [2.05, 4.69) is 10.2 Å². The van der Waals surface area contributed by atoms with Gasteiger partial charge < -0.3 is 14.8 Å². The summed E-state index contributed by atoms with van der Waals surface area (Å²) in [4.78, 5) is 27.4. The minimum atomic E-state index is -4.43. The zero-order chi connectivity index (χ0) is 25.9. The van der Waals surface area contributed by atoms with Crippen LogP contribution in [-0.2, 0) is 15.7 Å². The zero-order valence-electron chi connectivity index (χ0n) is 20.4. The molecule has 2 atom stereocenters. The molecule has 0 spiro atoms. The molecule has 1 aliphatic heterocycles. The highest BCUT2D eigenvalue weighted by Crippen LogP contribution is 2.39. The van der Waals surface area contributed by atoms with E-state index < -0.39 is 23.2 Å². The minimum absolute atomic E-state index is 0.0516. The van der Waals surface area contributed by atoms with Gasteiger partial charge in [0.15, 0.2) is 0 Å². The Morgan fingerprint density at radius 1 is 1.11 bits per heavy atom. The Labute approximate surface area is 208 Å². The maximum absolute atomic E-state index is 13.6. The second-order valence-electron chi connectivity index (χ2n) is 9.55. The van der Waals surface area contributed by atoms with Gasteiger partial charge in [-0.2, -0.15) is 13.2 Å². The normalized spacial score (nSPS) is 20.6. The Morgan fingerprint density at radius 3 is 2.44 bits per heavy atom. The van der Waals surface area contributed by atoms with Crippen molar-refractivity contribution < 1.29 is 32.2 Å². The highest BCUT2D eigenvalue weighted by atomic mass is 19.4. The van der Waals surface area contributed by atoms with E-state index in [-0.39, 0.29) is 23.8 Å². The number of methoxy groups -OCH3 is 1. The van der Waals surface area contributed by atoms with Crippen molar-refractivity contribution in [3.8, 4) is 5.75 Å². The van der Waals surface area contributed by atoms with Gasteiger partial charge in [0.1, 0.15) is 17.4 Å². The molecule has 0 bridgehead atoms. The first-order valence-corrected chi connectivity index (χ1v) is 12.2. The summed E-state index contributed by atoms with van der Waals surface area (Å²) in [6.45, 7) is 3.02. The van der Waals surface area contributed by atoms with Gasteiger partial charge in [-0.1, -0.05) is 31.0 Å². The van der Waals surface area contributed by atoms with Crippen molar-refractivity contribution in [1.82, 2.24) is 10.2 Å². The molecular weight excluding hydrogens is 473 g/mol. The fraction of sp³-hybridized carbons (Fsp3) is 0.481. The number of alkyl halides is 3. The van der Waals surface area contributed by atoms with Crippen LogP contribution in [0.4, 0.5) is 13.2 Å². The number of nitrogens with one attached hydrogen (secondary N) is 1.